The van der Waals surface area contributed by atoms with Crippen LogP contribution in [0.25, 0.3) is 0 Å². The number of esters is 1. The summed E-state index contributed by atoms with van der Waals surface area (Å²) in [5, 5.41) is 3.08. The van der Waals surface area contributed by atoms with Crippen LogP contribution in [-0.4, -0.2) is 49.1 Å². The molecule has 1 N–H and O–H groups in total. The third kappa shape index (κ3) is 6.52. The first kappa shape index (κ1) is 28.2. The maximum atomic E-state index is 12.8. The lowest BCUT2D eigenvalue weighted by molar-refractivity contribution is -0.921. The van der Waals surface area contributed by atoms with Gasteiger partial charge < -0.3 is 14.5 Å². The standard InChI is InChI=1S/C32H35F3N2O3/c1-22(38)40-29-5-3-4-26(18-29)31-16-17-37(2,20-24-6-7-24)21-27(31)13-14-28(19-31)36-30(39)15-10-23-8-11-25(12-9-23)32(33,34)35/h3-5,8-9,11-12,18,24,27-28H,6-7,13-14,16-17,19-21H2,1-2H3/p+1/t27?,28-,31-,37+/m0/s1. The number of nitrogens with zero attached hydrogens (tertiary/aromatic N) is 1. The summed E-state index contributed by atoms with van der Waals surface area (Å²) < 4.78 is 45.0. The molecule has 1 heterocycles. The number of fused-ring (bicyclic) bond motifs is 1. The SMILES string of the molecule is CC(=O)Oc1cccc([C@@]23CC[N@+](C)(CC4CC4)CC2CC[C@H](NC(=O)C#Cc2ccc(C(F)(F)F)cc2)C3)c1. The van der Waals surface area contributed by atoms with Gasteiger partial charge in [0.25, 0.3) is 5.91 Å². The molecule has 1 amide bonds. The molecule has 2 aromatic carbocycles. The number of hydrogen-bond acceptors (Lipinski definition) is 3. The number of hydrogen-bond donors (Lipinski definition) is 1. The average Bonchev–Trinajstić information content (AvgIpc) is 3.71. The Morgan fingerprint density at radius 3 is 2.52 bits per heavy atom. The minimum absolute atomic E-state index is 0.0803. The zero-order valence-corrected chi connectivity index (χ0v) is 23.0. The minimum Gasteiger partial charge on any atom is -0.427 e. The molecule has 4 atom stereocenters. The quantitative estimate of drug-likeness (QED) is 0.231. The Balaban J connectivity index is 1.33. The number of halogens is 3. The zero-order valence-electron chi connectivity index (χ0n) is 23.0. The summed E-state index contributed by atoms with van der Waals surface area (Å²) in [5.74, 6) is 6.26. The van der Waals surface area contributed by atoms with Gasteiger partial charge in [-0.3, -0.25) is 9.59 Å². The van der Waals surface area contributed by atoms with Crippen LogP contribution in [0.2, 0.25) is 0 Å². The van der Waals surface area contributed by atoms with Crippen LogP contribution in [0.4, 0.5) is 13.2 Å². The fourth-order valence-corrected chi connectivity index (χ4v) is 6.89. The predicted octanol–water partition coefficient (Wildman–Crippen LogP) is 5.47. The highest BCUT2D eigenvalue weighted by molar-refractivity contribution is 5.94. The lowest BCUT2D eigenvalue weighted by Crippen LogP contribution is -2.62. The Labute approximate surface area is 233 Å². The number of benzene rings is 2. The van der Waals surface area contributed by atoms with E-state index in [0.29, 0.717) is 17.2 Å². The van der Waals surface area contributed by atoms with E-state index in [-0.39, 0.29) is 17.4 Å². The summed E-state index contributed by atoms with van der Waals surface area (Å²) in [7, 11) is 2.38. The van der Waals surface area contributed by atoms with Crippen molar-refractivity contribution in [2.75, 3.05) is 26.7 Å². The van der Waals surface area contributed by atoms with Crippen LogP contribution < -0.4 is 10.1 Å². The topological polar surface area (TPSA) is 55.4 Å². The summed E-state index contributed by atoms with van der Waals surface area (Å²) in [6.07, 6.45) is 1.79. The molecule has 0 aromatic heterocycles. The molecule has 8 heteroatoms. The van der Waals surface area contributed by atoms with E-state index in [4.69, 9.17) is 4.74 Å². The number of alkyl halides is 3. The lowest BCUT2D eigenvalue weighted by atomic mass is 9.57. The van der Waals surface area contributed by atoms with E-state index in [0.717, 1.165) is 66.9 Å². The first-order valence-electron chi connectivity index (χ1n) is 14.1. The van der Waals surface area contributed by atoms with E-state index in [9.17, 15) is 22.8 Å². The van der Waals surface area contributed by atoms with Gasteiger partial charge in [-0.1, -0.05) is 18.1 Å². The number of ether oxygens (including phenoxy) is 1. The minimum atomic E-state index is -4.41. The smallest absolute Gasteiger partial charge is 0.416 e. The van der Waals surface area contributed by atoms with E-state index >= 15 is 0 Å². The Hall–Kier alpha value is -3.31. The lowest BCUT2D eigenvalue weighted by Gasteiger charge is -2.55. The van der Waals surface area contributed by atoms with Gasteiger partial charge in [-0.25, -0.2) is 0 Å². The Morgan fingerprint density at radius 2 is 1.85 bits per heavy atom. The van der Waals surface area contributed by atoms with E-state index in [2.05, 4.69) is 30.3 Å². The molecule has 5 nitrogen and oxygen atoms in total. The first-order valence-corrected chi connectivity index (χ1v) is 14.1. The molecule has 212 valence electrons. The summed E-state index contributed by atoms with van der Waals surface area (Å²) in [6, 6.07) is 12.2. The molecule has 2 aliphatic carbocycles. The number of rotatable bonds is 5. The van der Waals surface area contributed by atoms with Crippen molar-refractivity contribution in [3.05, 3.63) is 65.2 Å². The molecule has 2 aromatic rings. The molecule has 0 bridgehead atoms. The van der Waals surface area contributed by atoms with E-state index < -0.39 is 17.6 Å². The highest BCUT2D eigenvalue weighted by atomic mass is 19.4. The van der Waals surface area contributed by atoms with Crippen LogP contribution >= 0.6 is 0 Å². The molecule has 0 radical (unpaired) electrons. The summed E-state index contributed by atoms with van der Waals surface area (Å²) >= 11 is 0. The van der Waals surface area contributed by atoms with Gasteiger partial charge in [0.15, 0.2) is 0 Å². The van der Waals surface area contributed by atoms with Crippen LogP contribution in [0.15, 0.2) is 48.5 Å². The van der Waals surface area contributed by atoms with E-state index in [1.165, 1.54) is 38.4 Å². The molecule has 5 rings (SSSR count). The number of carbonyl (C=O) groups is 2. The number of quaternary nitrogens is 1. The van der Waals surface area contributed by atoms with Crippen molar-refractivity contribution in [2.45, 2.75) is 63.1 Å². The molecule has 1 saturated heterocycles. The fraction of sp³-hybridized carbons (Fsp3) is 0.500. The maximum Gasteiger partial charge on any atom is 0.416 e. The molecule has 2 saturated carbocycles. The van der Waals surface area contributed by atoms with Gasteiger partial charge in [0, 0.05) is 48.1 Å². The third-order valence-corrected chi connectivity index (χ3v) is 8.95. The molecule has 1 aliphatic heterocycles. The number of amides is 1. The van der Waals surface area contributed by atoms with Gasteiger partial charge in [-0.15, -0.1) is 0 Å². The van der Waals surface area contributed by atoms with Crippen molar-refractivity contribution in [2.24, 2.45) is 11.8 Å². The van der Waals surface area contributed by atoms with Crippen molar-refractivity contribution in [3.63, 3.8) is 0 Å². The van der Waals surface area contributed by atoms with Crippen LogP contribution in [0.1, 0.15) is 62.1 Å². The third-order valence-electron chi connectivity index (χ3n) is 8.95. The normalized spacial score (nSPS) is 28.0. The maximum absolute atomic E-state index is 12.8. The number of carbonyl (C=O) groups excluding carboxylic acids is 2. The Bertz CT molecular complexity index is 1330. The molecular formula is C32H36F3N2O3+. The van der Waals surface area contributed by atoms with Gasteiger partial charge in [-0.2, -0.15) is 13.2 Å². The molecule has 40 heavy (non-hydrogen) atoms. The van der Waals surface area contributed by atoms with Gasteiger partial charge in [0.2, 0.25) is 0 Å². The first-order chi connectivity index (χ1) is 18.9. The highest BCUT2D eigenvalue weighted by Gasteiger charge is 2.53. The van der Waals surface area contributed by atoms with Crippen LogP contribution in [-0.2, 0) is 21.2 Å². The summed E-state index contributed by atoms with van der Waals surface area (Å²) in [5.41, 5.74) is 0.588. The van der Waals surface area contributed by atoms with E-state index in [1.807, 2.05) is 12.1 Å². The van der Waals surface area contributed by atoms with Gasteiger partial charge in [0.1, 0.15) is 5.75 Å². The van der Waals surface area contributed by atoms with Crippen molar-refractivity contribution < 1.29 is 32.0 Å². The second kappa shape index (κ2) is 10.9. The predicted molar refractivity (Wildman–Crippen MR) is 145 cm³/mol. The van der Waals surface area contributed by atoms with E-state index in [1.54, 1.807) is 6.07 Å². The molecular weight excluding hydrogens is 517 g/mol. The molecule has 3 fully saturated rings. The fourth-order valence-electron chi connectivity index (χ4n) is 6.89. The second-order valence-corrected chi connectivity index (χ2v) is 12.2. The van der Waals surface area contributed by atoms with Gasteiger partial charge in [-0.05, 0) is 74.1 Å². The largest absolute Gasteiger partial charge is 0.427 e. The van der Waals surface area contributed by atoms with Crippen molar-refractivity contribution in [3.8, 4) is 17.6 Å². The molecule has 1 unspecified atom stereocenters. The number of nitrogens with one attached hydrogen (secondary N) is 1. The van der Waals surface area contributed by atoms with Crippen LogP contribution in [0, 0.1) is 23.7 Å². The molecule has 0 spiro atoms. The Kier molecular flexibility index (Phi) is 7.71. The number of piperidine rings is 1. The number of likely N-dealkylation sites (tertiary alicyclic amines) is 1. The van der Waals surface area contributed by atoms with Gasteiger partial charge >= 0.3 is 12.1 Å². The van der Waals surface area contributed by atoms with Crippen LogP contribution in [0.3, 0.4) is 0 Å². The summed E-state index contributed by atoms with van der Waals surface area (Å²) in [6.45, 7) is 4.76. The van der Waals surface area contributed by atoms with Crippen molar-refractivity contribution in [1.29, 1.82) is 0 Å². The van der Waals surface area contributed by atoms with Crippen molar-refractivity contribution in [1.82, 2.24) is 5.32 Å². The monoisotopic (exact) mass is 553 g/mol. The second-order valence-electron chi connectivity index (χ2n) is 12.2. The summed E-state index contributed by atoms with van der Waals surface area (Å²) in [4.78, 5) is 24.4. The molecule has 3 aliphatic rings. The van der Waals surface area contributed by atoms with Gasteiger partial charge in [0.05, 0.1) is 32.2 Å². The highest BCUT2D eigenvalue weighted by Crippen LogP contribution is 2.51. The van der Waals surface area contributed by atoms with Crippen molar-refractivity contribution >= 4 is 11.9 Å². The van der Waals surface area contributed by atoms with Crippen LogP contribution in [0.5, 0.6) is 5.75 Å². The average molecular weight is 554 g/mol. The zero-order chi connectivity index (χ0) is 28.5. The Morgan fingerprint density at radius 1 is 1.10 bits per heavy atom.